The number of nitrogen functional groups attached to an aromatic ring is 1. The molecule has 0 bridgehead atoms. The van der Waals surface area contributed by atoms with Crippen molar-refractivity contribution in [1.82, 2.24) is 0 Å². The highest BCUT2D eigenvalue weighted by Gasteiger charge is 2.37. The topological polar surface area (TPSA) is 72.6 Å². The Bertz CT molecular complexity index is 1040. The molecule has 0 saturated heterocycles. The molecule has 0 aromatic heterocycles. The summed E-state index contributed by atoms with van der Waals surface area (Å²) in [6.07, 6.45) is 0. The number of amides is 2. The molecular weight excluding hydrogens is 328 g/mol. The van der Waals surface area contributed by atoms with Crippen LogP contribution in [0.5, 0.6) is 11.5 Å². The zero-order valence-corrected chi connectivity index (χ0v) is 14.1. The van der Waals surface area contributed by atoms with E-state index >= 15 is 0 Å². The molecule has 1 aliphatic rings. The van der Waals surface area contributed by atoms with Gasteiger partial charge >= 0.3 is 0 Å². The predicted molar refractivity (Wildman–Crippen MR) is 99.7 cm³/mol. The molecule has 0 saturated carbocycles. The van der Waals surface area contributed by atoms with Crippen LogP contribution >= 0.6 is 0 Å². The van der Waals surface area contributed by atoms with Gasteiger partial charge in [0, 0.05) is 11.8 Å². The summed E-state index contributed by atoms with van der Waals surface area (Å²) in [7, 11) is 0. The average molecular weight is 344 g/mol. The van der Waals surface area contributed by atoms with Crippen LogP contribution in [0.3, 0.4) is 0 Å². The van der Waals surface area contributed by atoms with E-state index in [1.54, 1.807) is 48.5 Å². The first-order chi connectivity index (χ1) is 12.5. The number of nitrogens with zero attached hydrogens (tertiary/aromatic N) is 1. The van der Waals surface area contributed by atoms with Gasteiger partial charge in [-0.15, -0.1) is 0 Å². The smallest absolute Gasteiger partial charge is 0.266 e. The number of hydrogen-bond donors (Lipinski definition) is 1. The number of hydrogen-bond acceptors (Lipinski definition) is 4. The van der Waals surface area contributed by atoms with Gasteiger partial charge in [-0.05, 0) is 55.0 Å². The Hall–Kier alpha value is -3.60. The van der Waals surface area contributed by atoms with E-state index in [-0.39, 0.29) is 11.8 Å². The summed E-state index contributed by atoms with van der Waals surface area (Å²) >= 11 is 0. The first-order valence-electron chi connectivity index (χ1n) is 8.16. The number of carbonyl (C=O) groups is 2. The second kappa shape index (κ2) is 6.04. The molecule has 0 unspecified atom stereocenters. The molecular formula is C21H16N2O3. The highest BCUT2D eigenvalue weighted by atomic mass is 16.5. The Labute approximate surface area is 150 Å². The lowest BCUT2D eigenvalue weighted by Crippen LogP contribution is -2.29. The van der Waals surface area contributed by atoms with Gasteiger partial charge in [0.05, 0.1) is 16.8 Å². The van der Waals surface area contributed by atoms with Gasteiger partial charge in [-0.25, -0.2) is 4.90 Å². The van der Waals surface area contributed by atoms with E-state index in [4.69, 9.17) is 10.5 Å². The van der Waals surface area contributed by atoms with E-state index in [1.807, 2.05) is 25.1 Å². The Kier molecular flexibility index (Phi) is 3.69. The van der Waals surface area contributed by atoms with Crippen LogP contribution in [0.15, 0.2) is 66.7 Å². The molecule has 128 valence electrons. The number of aryl methyl sites for hydroxylation is 1. The quantitative estimate of drug-likeness (QED) is 0.572. The first kappa shape index (κ1) is 15.9. The highest BCUT2D eigenvalue weighted by Crippen LogP contribution is 2.32. The van der Waals surface area contributed by atoms with Crippen molar-refractivity contribution in [2.45, 2.75) is 6.92 Å². The summed E-state index contributed by atoms with van der Waals surface area (Å²) in [6.45, 7) is 1.92. The van der Waals surface area contributed by atoms with Gasteiger partial charge in [-0.3, -0.25) is 9.59 Å². The van der Waals surface area contributed by atoms with Crippen molar-refractivity contribution in [2.75, 3.05) is 10.6 Å². The zero-order valence-electron chi connectivity index (χ0n) is 14.1. The Morgan fingerprint density at radius 2 is 1.54 bits per heavy atom. The number of anilines is 2. The van der Waals surface area contributed by atoms with Crippen LogP contribution < -0.4 is 15.4 Å². The lowest BCUT2D eigenvalue weighted by Gasteiger charge is -2.14. The second-order valence-electron chi connectivity index (χ2n) is 6.17. The number of benzene rings is 3. The molecule has 2 amide bonds. The number of nitrogens with two attached hydrogens (primary N) is 1. The summed E-state index contributed by atoms with van der Waals surface area (Å²) in [6, 6.07) is 19.2. The lowest BCUT2D eigenvalue weighted by molar-refractivity contribution is 0.0926. The minimum Gasteiger partial charge on any atom is -0.457 e. The molecule has 3 aromatic rings. The van der Waals surface area contributed by atoms with Gasteiger partial charge in [0.2, 0.25) is 0 Å². The largest absolute Gasteiger partial charge is 0.457 e. The van der Waals surface area contributed by atoms with Crippen LogP contribution in [0, 0.1) is 6.92 Å². The summed E-state index contributed by atoms with van der Waals surface area (Å²) < 4.78 is 5.77. The fourth-order valence-corrected chi connectivity index (χ4v) is 3.00. The minimum absolute atomic E-state index is 0.328. The molecule has 26 heavy (non-hydrogen) atoms. The summed E-state index contributed by atoms with van der Waals surface area (Å²) in [5.41, 5.74) is 8.58. The Balaban J connectivity index is 1.68. The third-order valence-electron chi connectivity index (χ3n) is 4.21. The minimum atomic E-state index is -0.353. The number of imide groups is 1. The van der Waals surface area contributed by atoms with Crippen LogP contribution in [-0.4, -0.2) is 11.8 Å². The van der Waals surface area contributed by atoms with Gasteiger partial charge in [0.15, 0.2) is 0 Å². The fourth-order valence-electron chi connectivity index (χ4n) is 3.00. The van der Waals surface area contributed by atoms with Crippen LogP contribution in [0.25, 0.3) is 0 Å². The third-order valence-corrected chi connectivity index (χ3v) is 4.21. The summed E-state index contributed by atoms with van der Waals surface area (Å²) in [5.74, 6) is 0.360. The molecule has 5 heteroatoms. The van der Waals surface area contributed by atoms with Crippen LogP contribution in [0.4, 0.5) is 11.4 Å². The molecule has 0 radical (unpaired) electrons. The Morgan fingerprint density at radius 3 is 2.31 bits per heavy atom. The van der Waals surface area contributed by atoms with Crippen molar-refractivity contribution in [3.8, 4) is 11.5 Å². The highest BCUT2D eigenvalue weighted by molar-refractivity contribution is 6.34. The van der Waals surface area contributed by atoms with Gasteiger partial charge in [0.25, 0.3) is 11.8 Å². The van der Waals surface area contributed by atoms with Crippen molar-refractivity contribution in [3.63, 3.8) is 0 Å². The van der Waals surface area contributed by atoms with Crippen molar-refractivity contribution < 1.29 is 14.3 Å². The maximum atomic E-state index is 12.8. The second-order valence-corrected chi connectivity index (χ2v) is 6.17. The molecule has 0 spiro atoms. The zero-order chi connectivity index (χ0) is 18.3. The van der Waals surface area contributed by atoms with Crippen molar-refractivity contribution in [1.29, 1.82) is 0 Å². The SMILES string of the molecule is Cc1cccc(N2C(=O)c3ccc(Oc4cccc(N)c4)cc3C2=O)c1. The normalized spacial score (nSPS) is 13.0. The maximum Gasteiger partial charge on any atom is 0.266 e. The van der Waals surface area contributed by atoms with E-state index in [2.05, 4.69) is 0 Å². The van der Waals surface area contributed by atoms with E-state index in [0.717, 1.165) is 5.56 Å². The lowest BCUT2D eigenvalue weighted by atomic mass is 10.1. The van der Waals surface area contributed by atoms with Crippen LogP contribution in [-0.2, 0) is 0 Å². The molecule has 2 N–H and O–H groups in total. The number of rotatable bonds is 3. The van der Waals surface area contributed by atoms with Gasteiger partial charge in [-0.1, -0.05) is 18.2 Å². The summed E-state index contributed by atoms with van der Waals surface area (Å²) in [5, 5.41) is 0. The third kappa shape index (κ3) is 2.69. The van der Waals surface area contributed by atoms with E-state index in [9.17, 15) is 9.59 Å². The monoisotopic (exact) mass is 344 g/mol. The van der Waals surface area contributed by atoms with Crippen LogP contribution in [0.1, 0.15) is 26.3 Å². The number of carbonyl (C=O) groups excluding carboxylic acids is 2. The first-order valence-corrected chi connectivity index (χ1v) is 8.16. The number of ether oxygens (including phenoxy) is 1. The molecule has 1 aliphatic heterocycles. The van der Waals surface area contributed by atoms with E-state index < -0.39 is 0 Å². The molecule has 5 nitrogen and oxygen atoms in total. The number of fused-ring (bicyclic) bond motifs is 1. The predicted octanol–water partition coefficient (Wildman–Crippen LogP) is 4.17. The molecule has 0 atom stereocenters. The Morgan fingerprint density at radius 1 is 0.808 bits per heavy atom. The molecule has 1 heterocycles. The van der Waals surface area contributed by atoms with Gasteiger partial charge < -0.3 is 10.5 Å². The standard InChI is InChI=1S/C21H16N2O3/c1-13-4-2-6-15(10-13)23-20(24)18-9-8-17(12-19(18)21(23)25)26-16-7-3-5-14(22)11-16/h2-12H,22H2,1H3. The van der Waals surface area contributed by atoms with Crippen molar-refractivity contribution >= 4 is 23.2 Å². The average Bonchev–Trinajstić information content (AvgIpc) is 2.85. The molecule has 0 fully saturated rings. The van der Waals surface area contributed by atoms with E-state index in [1.165, 1.54) is 4.90 Å². The molecule has 0 aliphatic carbocycles. The van der Waals surface area contributed by atoms with Gasteiger partial charge in [-0.2, -0.15) is 0 Å². The summed E-state index contributed by atoms with van der Waals surface area (Å²) in [4.78, 5) is 26.7. The molecule has 4 rings (SSSR count). The molecule has 3 aromatic carbocycles. The van der Waals surface area contributed by atoms with Crippen molar-refractivity contribution in [3.05, 3.63) is 83.4 Å². The maximum absolute atomic E-state index is 12.8. The van der Waals surface area contributed by atoms with E-state index in [0.29, 0.717) is 34.0 Å². The van der Waals surface area contributed by atoms with Gasteiger partial charge in [0.1, 0.15) is 11.5 Å². The van der Waals surface area contributed by atoms with Crippen molar-refractivity contribution in [2.24, 2.45) is 0 Å². The fraction of sp³-hybridized carbons (Fsp3) is 0.0476. The van der Waals surface area contributed by atoms with Crippen LogP contribution in [0.2, 0.25) is 0 Å².